The first-order chi connectivity index (χ1) is 7.49. The van der Waals surface area contributed by atoms with Crippen molar-refractivity contribution in [1.82, 2.24) is 5.32 Å². The fraction of sp³-hybridized carbons (Fsp3) is 0.273. The molecule has 0 atom stereocenters. The van der Waals surface area contributed by atoms with Gasteiger partial charge < -0.3 is 10.6 Å². The highest BCUT2D eigenvalue weighted by molar-refractivity contribution is 6.39. The smallest absolute Gasteiger partial charge is 0.313 e. The minimum atomic E-state index is -0.806. The Bertz CT molecular complexity index is 405. The molecule has 16 heavy (non-hydrogen) atoms. The SMILES string of the molecule is CC(C)NC(=O)C(=O)Nc1cccc(F)c1. The van der Waals surface area contributed by atoms with Crippen molar-refractivity contribution in [3.63, 3.8) is 0 Å². The molecule has 0 aliphatic carbocycles. The summed E-state index contributed by atoms with van der Waals surface area (Å²) in [6.45, 7) is 3.49. The number of nitrogens with one attached hydrogen (secondary N) is 2. The molecule has 0 radical (unpaired) electrons. The molecule has 0 spiro atoms. The molecule has 86 valence electrons. The van der Waals surface area contributed by atoms with Crippen molar-refractivity contribution < 1.29 is 14.0 Å². The number of carbonyl (C=O) groups excluding carboxylic acids is 2. The molecule has 0 fully saturated rings. The molecule has 0 aliphatic rings. The maximum Gasteiger partial charge on any atom is 0.313 e. The van der Waals surface area contributed by atoms with E-state index >= 15 is 0 Å². The summed E-state index contributed by atoms with van der Waals surface area (Å²) in [7, 11) is 0. The quantitative estimate of drug-likeness (QED) is 0.744. The Morgan fingerprint density at radius 3 is 2.50 bits per heavy atom. The Morgan fingerprint density at radius 1 is 1.25 bits per heavy atom. The van der Waals surface area contributed by atoms with Gasteiger partial charge in [-0.05, 0) is 32.0 Å². The molecule has 1 aromatic carbocycles. The van der Waals surface area contributed by atoms with E-state index in [0.717, 1.165) is 6.07 Å². The second-order valence-corrected chi connectivity index (χ2v) is 3.59. The average Bonchev–Trinajstić information content (AvgIpc) is 2.16. The molecule has 0 unspecified atom stereocenters. The number of carbonyl (C=O) groups is 2. The van der Waals surface area contributed by atoms with E-state index in [1.807, 2.05) is 0 Å². The molecular weight excluding hydrogens is 211 g/mol. The van der Waals surface area contributed by atoms with E-state index in [4.69, 9.17) is 0 Å². The van der Waals surface area contributed by atoms with Crippen LogP contribution in [0.25, 0.3) is 0 Å². The predicted molar refractivity (Wildman–Crippen MR) is 58.3 cm³/mol. The van der Waals surface area contributed by atoms with Gasteiger partial charge in [-0.25, -0.2) is 4.39 Å². The number of rotatable bonds is 2. The first kappa shape index (κ1) is 12.2. The van der Waals surface area contributed by atoms with E-state index < -0.39 is 17.6 Å². The summed E-state index contributed by atoms with van der Waals surface area (Å²) in [5.74, 6) is -2.01. The topological polar surface area (TPSA) is 58.2 Å². The maximum atomic E-state index is 12.8. The van der Waals surface area contributed by atoms with E-state index in [1.54, 1.807) is 13.8 Å². The fourth-order valence-electron chi connectivity index (χ4n) is 1.08. The molecule has 0 heterocycles. The Balaban J connectivity index is 2.61. The van der Waals surface area contributed by atoms with Crippen LogP contribution in [-0.2, 0) is 9.59 Å². The molecular formula is C11H13FN2O2. The molecule has 0 saturated carbocycles. The summed E-state index contributed by atoms with van der Waals surface area (Å²) in [6, 6.07) is 5.23. The van der Waals surface area contributed by atoms with Gasteiger partial charge >= 0.3 is 11.8 Å². The van der Waals surface area contributed by atoms with Crippen LogP contribution in [0.2, 0.25) is 0 Å². The van der Waals surface area contributed by atoms with Crippen molar-refractivity contribution in [3.8, 4) is 0 Å². The Labute approximate surface area is 92.8 Å². The summed E-state index contributed by atoms with van der Waals surface area (Å²) in [5.41, 5.74) is 0.254. The van der Waals surface area contributed by atoms with Gasteiger partial charge in [0.1, 0.15) is 5.82 Å². The van der Waals surface area contributed by atoms with Crippen molar-refractivity contribution in [2.45, 2.75) is 19.9 Å². The third kappa shape index (κ3) is 3.68. The third-order valence-corrected chi connectivity index (χ3v) is 1.71. The number of hydrogen-bond donors (Lipinski definition) is 2. The average molecular weight is 224 g/mol. The van der Waals surface area contributed by atoms with Crippen molar-refractivity contribution in [2.24, 2.45) is 0 Å². The predicted octanol–water partition coefficient (Wildman–Crippen LogP) is 1.29. The second kappa shape index (κ2) is 5.25. The van der Waals surface area contributed by atoms with E-state index in [1.165, 1.54) is 18.2 Å². The van der Waals surface area contributed by atoms with Gasteiger partial charge in [0.25, 0.3) is 0 Å². The van der Waals surface area contributed by atoms with Crippen molar-refractivity contribution >= 4 is 17.5 Å². The van der Waals surface area contributed by atoms with Gasteiger partial charge in [0.2, 0.25) is 0 Å². The molecule has 4 nitrogen and oxygen atoms in total. The lowest BCUT2D eigenvalue weighted by molar-refractivity contribution is -0.136. The van der Waals surface area contributed by atoms with Crippen LogP contribution in [0.15, 0.2) is 24.3 Å². The maximum absolute atomic E-state index is 12.8. The lowest BCUT2D eigenvalue weighted by atomic mass is 10.3. The minimum Gasteiger partial charge on any atom is -0.346 e. The van der Waals surface area contributed by atoms with Gasteiger partial charge in [-0.2, -0.15) is 0 Å². The number of amides is 2. The first-order valence-electron chi connectivity index (χ1n) is 4.86. The standard InChI is InChI=1S/C11H13FN2O2/c1-7(2)13-10(15)11(16)14-9-5-3-4-8(12)6-9/h3-7H,1-2H3,(H,13,15)(H,14,16). The summed E-state index contributed by atoms with van der Waals surface area (Å²) in [6.07, 6.45) is 0. The molecule has 5 heteroatoms. The Morgan fingerprint density at radius 2 is 1.94 bits per heavy atom. The first-order valence-corrected chi connectivity index (χ1v) is 4.86. The molecule has 0 aromatic heterocycles. The van der Waals surface area contributed by atoms with Crippen LogP contribution in [0.3, 0.4) is 0 Å². The Hall–Kier alpha value is -1.91. The van der Waals surface area contributed by atoms with Gasteiger partial charge in [0.05, 0.1) is 0 Å². The van der Waals surface area contributed by atoms with E-state index in [-0.39, 0.29) is 11.7 Å². The van der Waals surface area contributed by atoms with Gasteiger partial charge in [-0.15, -0.1) is 0 Å². The number of anilines is 1. The van der Waals surface area contributed by atoms with Crippen LogP contribution in [0.5, 0.6) is 0 Å². The van der Waals surface area contributed by atoms with Gasteiger partial charge in [0, 0.05) is 11.7 Å². The zero-order valence-corrected chi connectivity index (χ0v) is 9.08. The number of hydrogen-bond acceptors (Lipinski definition) is 2. The van der Waals surface area contributed by atoms with Crippen LogP contribution in [-0.4, -0.2) is 17.9 Å². The summed E-state index contributed by atoms with van der Waals surface area (Å²) in [4.78, 5) is 22.5. The molecule has 2 amide bonds. The van der Waals surface area contributed by atoms with Crippen molar-refractivity contribution in [1.29, 1.82) is 0 Å². The molecule has 0 saturated heterocycles. The summed E-state index contributed by atoms with van der Waals surface area (Å²) in [5, 5.41) is 4.73. The molecule has 0 aliphatic heterocycles. The lowest BCUT2D eigenvalue weighted by Gasteiger charge is -2.08. The molecule has 1 aromatic rings. The highest BCUT2D eigenvalue weighted by Gasteiger charge is 2.14. The highest BCUT2D eigenvalue weighted by Crippen LogP contribution is 2.08. The lowest BCUT2D eigenvalue weighted by Crippen LogP contribution is -2.39. The second-order valence-electron chi connectivity index (χ2n) is 3.59. The number of halogens is 1. The van der Waals surface area contributed by atoms with E-state index in [2.05, 4.69) is 10.6 Å². The van der Waals surface area contributed by atoms with Crippen LogP contribution in [0, 0.1) is 5.82 Å². The normalized spacial score (nSPS) is 10.0. The summed E-state index contributed by atoms with van der Waals surface area (Å²) < 4.78 is 12.8. The number of benzene rings is 1. The van der Waals surface area contributed by atoms with Gasteiger partial charge in [0.15, 0.2) is 0 Å². The van der Waals surface area contributed by atoms with Crippen molar-refractivity contribution in [3.05, 3.63) is 30.1 Å². The summed E-state index contributed by atoms with van der Waals surface area (Å²) >= 11 is 0. The van der Waals surface area contributed by atoms with Crippen LogP contribution in [0.4, 0.5) is 10.1 Å². The minimum absolute atomic E-state index is 0.120. The van der Waals surface area contributed by atoms with Crippen LogP contribution >= 0.6 is 0 Å². The van der Waals surface area contributed by atoms with E-state index in [9.17, 15) is 14.0 Å². The van der Waals surface area contributed by atoms with E-state index in [0.29, 0.717) is 0 Å². The molecule has 0 bridgehead atoms. The van der Waals surface area contributed by atoms with Crippen LogP contribution < -0.4 is 10.6 Å². The zero-order chi connectivity index (χ0) is 12.1. The molecule has 2 N–H and O–H groups in total. The molecule has 1 rings (SSSR count). The third-order valence-electron chi connectivity index (χ3n) is 1.71. The van der Waals surface area contributed by atoms with Crippen molar-refractivity contribution in [2.75, 3.05) is 5.32 Å². The Kier molecular flexibility index (Phi) is 3.99. The largest absolute Gasteiger partial charge is 0.346 e. The fourth-order valence-corrected chi connectivity index (χ4v) is 1.08. The highest BCUT2D eigenvalue weighted by atomic mass is 19.1. The van der Waals surface area contributed by atoms with Crippen LogP contribution in [0.1, 0.15) is 13.8 Å². The zero-order valence-electron chi connectivity index (χ0n) is 9.08. The monoisotopic (exact) mass is 224 g/mol. The van der Waals surface area contributed by atoms with Gasteiger partial charge in [-0.3, -0.25) is 9.59 Å². The van der Waals surface area contributed by atoms with Gasteiger partial charge in [-0.1, -0.05) is 6.07 Å².